The van der Waals surface area contributed by atoms with Crippen molar-refractivity contribution in [3.8, 4) is 0 Å². The molecule has 0 radical (unpaired) electrons. The van der Waals surface area contributed by atoms with Crippen molar-refractivity contribution in [1.29, 1.82) is 0 Å². The van der Waals surface area contributed by atoms with E-state index in [1.54, 1.807) is 0 Å². The molecule has 1 atom stereocenters. The predicted octanol–water partition coefficient (Wildman–Crippen LogP) is 1.23. The molecule has 0 amide bonds. The summed E-state index contributed by atoms with van der Waals surface area (Å²) >= 11 is 0. The molecule has 0 aromatic rings. The molecule has 13 heavy (non-hydrogen) atoms. The normalized spacial score (nSPS) is 34.7. The fraction of sp³-hybridized carbons (Fsp3) is 1.00. The molecular weight excluding hydrogens is 219 g/mol. The third-order valence-electron chi connectivity index (χ3n) is 1.90. The summed E-state index contributed by atoms with van der Waals surface area (Å²) in [5.74, 6) is -8.75. The topological polar surface area (TPSA) is 34.1 Å². The summed E-state index contributed by atoms with van der Waals surface area (Å²) in [6.45, 7) is -1.78. The predicted molar refractivity (Wildman–Crippen MR) is 33.1 cm³/mol. The highest BCUT2D eigenvalue weighted by molar-refractivity contribution is 7.92. The van der Waals surface area contributed by atoms with Crippen molar-refractivity contribution in [3.05, 3.63) is 0 Å². The lowest BCUT2D eigenvalue weighted by Crippen LogP contribution is -2.43. The highest BCUT2D eigenvalue weighted by atomic mass is 32.2. The first-order valence-corrected chi connectivity index (χ1v) is 4.86. The van der Waals surface area contributed by atoms with Crippen molar-refractivity contribution in [2.24, 2.45) is 5.92 Å². The van der Waals surface area contributed by atoms with E-state index in [0.29, 0.717) is 0 Å². The van der Waals surface area contributed by atoms with E-state index in [9.17, 15) is 30.4 Å². The first-order valence-electron chi connectivity index (χ1n) is 3.20. The second-order valence-corrected chi connectivity index (χ2v) is 4.85. The molecule has 1 aliphatic heterocycles. The summed E-state index contributed by atoms with van der Waals surface area (Å²) in [5, 5.41) is -5.14. The minimum atomic E-state index is -5.22. The molecule has 0 bridgehead atoms. The van der Waals surface area contributed by atoms with Crippen LogP contribution < -0.4 is 0 Å². The summed E-state index contributed by atoms with van der Waals surface area (Å²) in [7, 11) is -5.22. The van der Waals surface area contributed by atoms with Gasteiger partial charge in [-0.1, -0.05) is 0 Å². The molecule has 78 valence electrons. The van der Waals surface area contributed by atoms with E-state index in [-0.39, 0.29) is 0 Å². The molecule has 0 aromatic heterocycles. The van der Waals surface area contributed by atoms with E-state index in [1.807, 2.05) is 0 Å². The Morgan fingerprint density at radius 3 is 1.85 bits per heavy atom. The first kappa shape index (κ1) is 10.7. The largest absolute Gasteiger partial charge is 0.407 e. The first-order chi connectivity index (χ1) is 5.67. The van der Waals surface area contributed by atoms with Crippen molar-refractivity contribution in [3.63, 3.8) is 0 Å². The Kier molecular flexibility index (Phi) is 2.10. The van der Waals surface area contributed by atoms with Gasteiger partial charge in [-0.05, 0) is 0 Å². The Morgan fingerprint density at radius 1 is 1.23 bits per heavy atom. The second-order valence-electron chi connectivity index (χ2n) is 2.77. The number of hydrogen-bond acceptors (Lipinski definition) is 2. The van der Waals surface area contributed by atoms with Crippen LogP contribution in [-0.2, 0) is 9.84 Å². The number of sulfone groups is 1. The molecule has 1 saturated heterocycles. The molecule has 1 unspecified atom stereocenters. The van der Waals surface area contributed by atoms with Gasteiger partial charge in [0.15, 0.2) is 0 Å². The van der Waals surface area contributed by atoms with Gasteiger partial charge in [0, 0.05) is 0 Å². The molecule has 0 aliphatic carbocycles. The van der Waals surface area contributed by atoms with Crippen molar-refractivity contribution in [2.45, 2.75) is 11.2 Å². The summed E-state index contributed by atoms with van der Waals surface area (Å²) in [6.07, 6.45) is 0. The average Bonchev–Trinajstić information content (AvgIpc) is 2.08. The molecule has 1 aliphatic rings. The Morgan fingerprint density at radius 2 is 1.69 bits per heavy atom. The Bertz CT molecular complexity index is 309. The molecule has 2 nitrogen and oxygen atoms in total. The third kappa shape index (κ3) is 1.14. The van der Waals surface area contributed by atoms with Crippen LogP contribution in [0.3, 0.4) is 0 Å². The van der Waals surface area contributed by atoms with Crippen molar-refractivity contribution >= 4 is 9.84 Å². The van der Waals surface area contributed by atoms with Gasteiger partial charge >= 0.3 is 11.2 Å². The maximum Gasteiger partial charge on any atom is 0.407 e. The zero-order chi connectivity index (χ0) is 10.5. The Labute approximate surface area is 70.6 Å². The lowest BCUT2D eigenvalue weighted by molar-refractivity contribution is -0.176. The zero-order valence-electron chi connectivity index (χ0n) is 6.11. The quantitative estimate of drug-likeness (QED) is 0.628. The maximum atomic E-state index is 12.5. The zero-order valence-corrected chi connectivity index (χ0v) is 6.92. The molecule has 0 aromatic carbocycles. The fourth-order valence-electron chi connectivity index (χ4n) is 1.06. The molecule has 1 fully saturated rings. The van der Waals surface area contributed by atoms with Gasteiger partial charge in [-0.15, -0.1) is 0 Å². The average molecular weight is 224 g/mol. The van der Waals surface area contributed by atoms with Gasteiger partial charge in [0.25, 0.3) is 0 Å². The minimum Gasteiger partial charge on any atom is -0.251 e. The molecule has 0 N–H and O–H groups in total. The number of halogens is 5. The fourth-order valence-corrected chi connectivity index (χ4v) is 2.68. The van der Waals surface area contributed by atoms with Gasteiger partial charge in [-0.3, -0.25) is 4.39 Å². The minimum absolute atomic E-state index is 1.51. The lowest BCUT2D eigenvalue weighted by atomic mass is 10.1. The van der Waals surface area contributed by atoms with Crippen molar-refractivity contribution < 1.29 is 30.4 Å². The molecular formula is C5H5F5O2S. The Balaban J connectivity index is 3.24. The van der Waals surface area contributed by atoms with E-state index in [2.05, 4.69) is 0 Å². The van der Waals surface area contributed by atoms with Crippen LogP contribution in [-0.4, -0.2) is 32.0 Å². The highest BCUT2D eigenvalue weighted by Gasteiger charge is 2.74. The molecule has 0 saturated carbocycles. The van der Waals surface area contributed by atoms with Crippen LogP contribution in [0.15, 0.2) is 0 Å². The number of rotatable bonds is 1. The number of hydrogen-bond donors (Lipinski definition) is 0. The van der Waals surface area contributed by atoms with Crippen LogP contribution >= 0.6 is 0 Å². The molecule has 0 spiro atoms. The molecule has 8 heteroatoms. The van der Waals surface area contributed by atoms with E-state index < -0.39 is 39.4 Å². The SMILES string of the molecule is O=S1(=O)CC(CF)C(F)(F)C1(F)F. The van der Waals surface area contributed by atoms with Crippen LogP contribution in [0, 0.1) is 5.92 Å². The maximum absolute atomic E-state index is 12.5. The Hall–Kier alpha value is -0.400. The van der Waals surface area contributed by atoms with E-state index in [0.717, 1.165) is 0 Å². The van der Waals surface area contributed by atoms with E-state index in [1.165, 1.54) is 0 Å². The van der Waals surface area contributed by atoms with Crippen LogP contribution in [0.4, 0.5) is 22.0 Å². The van der Waals surface area contributed by atoms with Crippen LogP contribution in [0.5, 0.6) is 0 Å². The van der Waals surface area contributed by atoms with Crippen LogP contribution in [0.1, 0.15) is 0 Å². The summed E-state index contributed by atoms with van der Waals surface area (Å²) in [6, 6.07) is 0. The summed E-state index contributed by atoms with van der Waals surface area (Å²) in [5.41, 5.74) is 0. The lowest BCUT2D eigenvalue weighted by Gasteiger charge is -2.19. The third-order valence-corrected chi connectivity index (χ3v) is 3.79. The number of alkyl halides is 5. The van der Waals surface area contributed by atoms with Gasteiger partial charge in [0.1, 0.15) is 0 Å². The van der Waals surface area contributed by atoms with Gasteiger partial charge in [-0.25, -0.2) is 8.42 Å². The van der Waals surface area contributed by atoms with Gasteiger partial charge < -0.3 is 0 Å². The monoisotopic (exact) mass is 224 g/mol. The standard InChI is InChI=1S/C5H5F5O2S/c6-1-3-2-13(11,12)5(9,10)4(3,7)8/h3H,1-2H2. The smallest absolute Gasteiger partial charge is 0.251 e. The molecule has 1 heterocycles. The van der Waals surface area contributed by atoms with Crippen LogP contribution in [0.2, 0.25) is 0 Å². The summed E-state index contributed by atoms with van der Waals surface area (Å²) in [4.78, 5) is 0. The van der Waals surface area contributed by atoms with Gasteiger partial charge in [0.2, 0.25) is 9.84 Å². The van der Waals surface area contributed by atoms with E-state index in [4.69, 9.17) is 0 Å². The summed E-state index contributed by atoms with van der Waals surface area (Å²) < 4.78 is 82.6. The highest BCUT2D eigenvalue weighted by Crippen LogP contribution is 2.50. The van der Waals surface area contributed by atoms with E-state index >= 15 is 0 Å². The van der Waals surface area contributed by atoms with Crippen LogP contribution in [0.25, 0.3) is 0 Å². The van der Waals surface area contributed by atoms with Gasteiger partial charge in [0.05, 0.1) is 18.3 Å². The van der Waals surface area contributed by atoms with Crippen molar-refractivity contribution in [1.82, 2.24) is 0 Å². The van der Waals surface area contributed by atoms with Gasteiger partial charge in [-0.2, -0.15) is 17.6 Å². The van der Waals surface area contributed by atoms with Crippen molar-refractivity contribution in [2.75, 3.05) is 12.4 Å². The molecule has 1 rings (SSSR count). The second kappa shape index (κ2) is 2.55.